The van der Waals surface area contributed by atoms with Crippen molar-refractivity contribution in [3.63, 3.8) is 0 Å². The van der Waals surface area contributed by atoms with Crippen LogP contribution in [0, 0.1) is 5.82 Å². The monoisotopic (exact) mass is 536 g/mol. The second kappa shape index (κ2) is 10.4. The van der Waals surface area contributed by atoms with E-state index in [1.807, 2.05) is 4.90 Å². The fraction of sp³-hybridized carbons (Fsp3) is 0.450. The third kappa shape index (κ3) is 5.77. The van der Waals surface area contributed by atoms with E-state index in [0.29, 0.717) is 32.0 Å². The fourth-order valence-electron chi connectivity index (χ4n) is 3.66. The van der Waals surface area contributed by atoms with E-state index in [0.717, 1.165) is 4.90 Å². The molecule has 1 aromatic carbocycles. The van der Waals surface area contributed by atoms with Crippen LogP contribution in [0.2, 0.25) is 0 Å². The van der Waals surface area contributed by atoms with Gasteiger partial charge in [0.25, 0.3) is 0 Å². The molecule has 14 heteroatoms. The Kier molecular flexibility index (Phi) is 7.56. The molecule has 4 rings (SSSR count). The molecule has 0 radical (unpaired) electrons. The highest BCUT2D eigenvalue weighted by Gasteiger charge is 2.38. The van der Waals surface area contributed by atoms with Gasteiger partial charge in [-0.2, -0.15) is 0 Å². The summed E-state index contributed by atoms with van der Waals surface area (Å²) in [6.45, 7) is 1.47. The number of rotatable bonds is 6. The Morgan fingerprint density at radius 3 is 2.68 bits per heavy atom. The first-order valence-electron chi connectivity index (χ1n) is 10.2. The van der Waals surface area contributed by atoms with E-state index in [1.165, 1.54) is 23.3 Å². The summed E-state index contributed by atoms with van der Waals surface area (Å²) in [5.41, 5.74) is 0.687. The number of nitrogens with zero attached hydrogens (tertiary/aromatic N) is 4. The van der Waals surface area contributed by atoms with Crippen LogP contribution in [0.5, 0.6) is 0 Å². The Morgan fingerprint density at radius 1 is 1.26 bits per heavy atom. The van der Waals surface area contributed by atoms with Gasteiger partial charge >= 0.3 is 12.2 Å². The van der Waals surface area contributed by atoms with Gasteiger partial charge in [-0.15, -0.1) is 0 Å². The average molecular weight is 538 g/mol. The van der Waals surface area contributed by atoms with Crippen LogP contribution in [0.4, 0.5) is 31.2 Å². The van der Waals surface area contributed by atoms with Gasteiger partial charge in [-0.05, 0) is 18.2 Å². The number of hydrogen-bond donors (Lipinski definition) is 0. The van der Waals surface area contributed by atoms with Crippen LogP contribution in [0.25, 0.3) is 0 Å². The number of cyclic esters (lactones) is 1. The highest BCUT2D eigenvalue weighted by molar-refractivity contribution is 6.67. The zero-order chi connectivity index (χ0) is 24.3. The van der Waals surface area contributed by atoms with Gasteiger partial charge < -0.3 is 23.6 Å². The summed E-state index contributed by atoms with van der Waals surface area (Å²) in [5.74, 6) is -0.379. The minimum absolute atomic E-state index is 0.0578. The quantitative estimate of drug-likeness (QED) is 0.510. The van der Waals surface area contributed by atoms with Gasteiger partial charge in [0.1, 0.15) is 25.3 Å². The molecule has 34 heavy (non-hydrogen) atoms. The van der Waals surface area contributed by atoms with Gasteiger partial charge in [-0.3, -0.25) is 9.80 Å². The molecule has 0 bridgehead atoms. The molecule has 1 aromatic heterocycles. The van der Waals surface area contributed by atoms with Crippen molar-refractivity contribution in [2.24, 2.45) is 0 Å². The molecule has 0 unspecified atom stereocenters. The molecular formula is C20H20Cl3FN4O6. The van der Waals surface area contributed by atoms with Crippen LogP contribution in [-0.2, 0) is 14.2 Å². The lowest BCUT2D eigenvalue weighted by Crippen LogP contribution is -2.46. The van der Waals surface area contributed by atoms with Gasteiger partial charge in [0.15, 0.2) is 5.82 Å². The Balaban J connectivity index is 1.54. The van der Waals surface area contributed by atoms with Gasteiger partial charge in [0.05, 0.1) is 37.2 Å². The molecule has 2 fully saturated rings. The van der Waals surface area contributed by atoms with Crippen molar-refractivity contribution in [2.75, 3.05) is 60.8 Å². The van der Waals surface area contributed by atoms with E-state index in [4.69, 9.17) is 53.5 Å². The van der Waals surface area contributed by atoms with Crippen LogP contribution in [-0.4, -0.2) is 73.2 Å². The van der Waals surface area contributed by atoms with Crippen LogP contribution in [0.1, 0.15) is 0 Å². The number of hydrogen-bond acceptors (Lipinski definition) is 8. The van der Waals surface area contributed by atoms with Crippen molar-refractivity contribution in [1.82, 2.24) is 5.16 Å². The van der Waals surface area contributed by atoms with Crippen molar-refractivity contribution >= 4 is 64.2 Å². The lowest BCUT2D eigenvalue weighted by Gasteiger charge is -2.30. The van der Waals surface area contributed by atoms with Gasteiger partial charge in [-0.1, -0.05) is 40.0 Å². The summed E-state index contributed by atoms with van der Waals surface area (Å²) in [6.07, 6.45) is -0.301. The van der Waals surface area contributed by atoms with Crippen molar-refractivity contribution in [1.29, 1.82) is 0 Å². The molecule has 2 aliphatic rings. The number of aromatic nitrogens is 1. The summed E-state index contributed by atoms with van der Waals surface area (Å²) in [4.78, 5) is 29.5. The summed E-state index contributed by atoms with van der Waals surface area (Å²) in [7, 11) is 0. The van der Waals surface area contributed by atoms with E-state index in [-0.39, 0.29) is 24.7 Å². The molecule has 0 N–H and O–H groups in total. The maximum Gasteiger partial charge on any atom is 0.415 e. The minimum atomic E-state index is -1.82. The molecule has 0 saturated carbocycles. The number of amides is 2. The number of alkyl halides is 3. The Hall–Kier alpha value is -2.47. The number of carbonyl (C=O) groups is 2. The number of halogens is 4. The van der Waals surface area contributed by atoms with E-state index < -0.39 is 34.4 Å². The molecule has 184 valence electrons. The van der Waals surface area contributed by atoms with Crippen molar-refractivity contribution < 1.29 is 32.7 Å². The first-order valence-corrected chi connectivity index (χ1v) is 11.4. The van der Waals surface area contributed by atoms with Gasteiger partial charge in [-0.25, -0.2) is 14.0 Å². The Bertz CT molecular complexity index is 1020. The third-order valence-corrected chi connectivity index (χ3v) is 5.52. The SMILES string of the molecule is O=C(OCC(Cl)(Cl)Cl)N(C[C@@H]1COC(=O)N1c1ccc(N2CCOCC2)c(F)c1)c1ccon1. The summed E-state index contributed by atoms with van der Waals surface area (Å²) < 4.78 is 33.5. The molecule has 0 spiro atoms. The van der Waals surface area contributed by atoms with Gasteiger partial charge in [0, 0.05) is 19.2 Å². The van der Waals surface area contributed by atoms with Gasteiger partial charge in [0.2, 0.25) is 3.79 Å². The van der Waals surface area contributed by atoms with E-state index in [1.54, 1.807) is 12.1 Å². The number of ether oxygens (including phenoxy) is 3. The minimum Gasteiger partial charge on any atom is -0.447 e. The first kappa shape index (κ1) is 24.6. The molecule has 1 atom stereocenters. The van der Waals surface area contributed by atoms with Crippen LogP contribution in [0.3, 0.4) is 0 Å². The number of benzene rings is 1. The van der Waals surface area contributed by atoms with Crippen molar-refractivity contribution in [3.05, 3.63) is 36.3 Å². The molecule has 2 aromatic rings. The molecule has 3 heterocycles. The molecule has 0 aliphatic carbocycles. The first-order chi connectivity index (χ1) is 16.2. The topological polar surface area (TPSA) is 97.6 Å². The maximum absolute atomic E-state index is 15.0. The van der Waals surface area contributed by atoms with E-state index in [2.05, 4.69) is 5.16 Å². The number of carbonyl (C=O) groups excluding carboxylic acids is 2. The maximum atomic E-state index is 15.0. The van der Waals surface area contributed by atoms with Crippen LogP contribution in [0.15, 0.2) is 35.1 Å². The lowest BCUT2D eigenvalue weighted by molar-refractivity contribution is 0.122. The Labute approximate surface area is 208 Å². The number of anilines is 3. The average Bonchev–Trinajstić information content (AvgIpc) is 3.46. The highest BCUT2D eigenvalue weighted by Crippen LogP contribution is 2.31. The molecule has 10 nitrogen and oxygen atoms in total. The summed E-state index contributed by atoms with van der Waals surface area (Å²) in [6, 6.07) is 5.22. The van der Waals surface area contributed by atoms with E-state index in [9.17, 15) is 14.0 Å². The fourth-order valence-corrected chi connectivity index (χ4v) is 3.82. The second-order valence-corrected chi connectivity index (χ2v) is 9.99. The molecular weight excluding hydrogens is 518 g/mol. The number of morpholine rings is 1. The third-order valence-electron chi connectivity index (χ3n) is 5.20. The standard InChI is InChI=1S/C20H20Cl3FN4O6/c21-20(22,23)12-33-18(29)27(17-3-6-34-25-17)10-14-11-32-19(30)28(14)13-1-2-16(15(24)9-13)26-4-7-31-8-5-26/h1-3,6,9,14H,4-5,7-8,10-12H2/t14-/m1/s1. The predicted molar refractivity (Wildman–Crippen MR) is 123 cm³/mol. The largest absolute Gasteiger partial charge is 0.447 e. The second-order valence-electron chi connectivity index (χ2n) is 7.47. The normalized spacial score (nSPS) is 18.7. The zero-order valence-electron chi connectivity index (χ0n) is 17.7. The van der Waals surface area contributed by atoms with Crippen LogP contribution < -0.4 is 14.7 Å². The summed E-state index contributed by atoms with van der Waals surface area (Å²) >= 11 is 17.0. The van der Waals surface area contributed by atoms with Crippen molar-refractivity contribution in [2.45, 2.75) is 9.83 Å². The molecule has 2 aliphatic heterocycles. The predicted octanol–water partition coefficient (Wildman–Crippen LogP) is 3.99. The molecule has 2 saturated heterocycles. The lowest BCUT2D eigenvalue weighted by atomic mass is 10.2. The summed E-state index contributed by atoms with van der Waals surface area (Å²) in [5, 5.41) is 3.75. The highest BCUT2D eigenvalue weighted by atomic mass is 35.6. The van der Waals surface area contributed by atoms with Crippen molar-refractivity contribution in [3.8, 4) is 0 Å². The Morgan fingerprint density at radius 2 is 2.03 bits per heavy atom. The van der Waals surface area contributed by atoms with E-state index >= 15 is 0 Å². The van der Waals surface area contributed by atoms with Crippen LogP contribution >= 0.6 is 34.8 Å². The zero-order valence-corrected chi connectivity index (χ0v) is 19.9. The molecule has 2 amide bonds. The smallest absolute Gasteiger partial charge is 0.415 e.